The summed E-state index contributed by atoms with van der Waals surface area (Å²) >= 11 is 0. The standard InChI is InChI=1S/C12H21N5O2S/c1-3-4-9-10(14-8-15-11(9)17-13)16-12(2)5-6-20(18,19)7-12/h8H,3-7,13H2,1-2H3,(H2,14,15,16,17). The van der Waals surface area contributed by atoms with Gasteiger partial charge in [0.15, 0.2) is 9.84 Å². The summed E-state index contributed by atoms with van der Waals surface area (Å²) in [4.78, 5) is 8.35. The lowest BCUT2D eigenvalue weighted by Crippen LogP contribution is -2.36. The number of anilines is 2. The highest BCUT2D eigenvalue weighted by Gasteiger charge is 2.39. The van der Waals surface area contributed by atoms with Crippen molar-refractivity contribution in [3.05, 3.63) is 11.9 Å². The molecule has 4 N–H and O–H groups in total. The Balaban J connectivity index is 2.29. The summed E-state index contributed by atoms with van der Waals surface area (Å²) < 4.78 is 23.3. The molecule has 0 aliphatic carbocycles. The van der Waals surface area contributed by atoms with E-state index >= 15 is 0 Å². The molecule has 1 aliphatic heterocycles. The lowest BCUT2D eigenvalue weighted by molar-refractivity contribution is 0.570. The van der Waals surface area contributed by atoms with Gasteiger partial charge in [-0.2, -0.15) is 0 Å². The van der Waals surface area contributed by atoms with E-state index in [4.69, 9.17) is 5.84 Å². The molecule has 20 heavy (non-hydrogen) atoms. The Morgan fingerprint density at radius 2 is 2.10 bits per heavy atom. The number of hydrogen-bond acceptors (Lipinski definition) is 7. The van der Waals surface area contributed by atoms with E-state index in [0.29, 0.717) is 18.1 Å². The lowest BCUT2D eigenvalue weighted by atomic mass is 10.0. The number of hydrazine groups is 1. The van der Waals surface area contributed by atoms with Gasteiger partial charge in [0.05, 0.1) is 17.0 Å². The maximum absolute atomic E-state index is 11.7. The van der Waals surface area contributed by atoms with E-state index in [1.807, 2.05) is 6.92 Å². The number of rotatable bonds is 5. The molecule has 1 unspecified atom stereocenters. The number of aromatic nitrogens is 2. The molecule has 7 nitrogen and oxygen atoms in total. The van der Waals surface area contributed by atoms with Crippen LogP contribution in [0.1, 0.15) is 32.3 Å². The normalized spacial score (nSPS) is 24.6. The maximum Gasteiger partial charge on any atom is 0.152 e. The molecule has 0 spiro atoms. The van der Waals surface area contributed by atoms with Crippen molar-refractivity contribution in [1.82, 2.24) is 9.97 Å². The minimum Gasteiger partial charge on any atom is -0.363 e. The zero-order valence-electron chi connectivity index (χ0n) is 11.8. The average Bonchev–Trinajstić information content (AvgIpc) is 2.66. The van der Waals surface area contributed by atoms with Gasteiger partial charge in [0.25, 0.3) is 0 Å². The molecule has 1 aromatic rings. The molecule has 2 heterocycles. The SMILES string of the molecule is CCCc1c(NN)ncnc1NC1(C)CCS(=O)(=O)C1. The van der Waals surface area contributed by atoms with Crippen LogP contribution in [0.25, 0.3) is 0 Å². The van der Waals surface area contributed by atoms with E-state index in [2.05, 4.69) is 27.6 Å². The quantitative estimate of drug-likeness (QED) is 0.542. The van der Waals surface area contributed by atoms with Gasteiger partial charge in [-0.05, 0) is 19.8 Å². The van der Waals surface area contributed by atoms with Gasteiger partial charge in [0, 0.05) is 5.56 Å². The summed E-state index contributed by atoms with van der Waals surface area (Å²) in [5, 5.41) is 3.28. The Labute approximate surface area is 119 Å². The molecule has 1 saturated heterocycles. The first-order valence-electron chi connectivity index (χ1n) is 6.68. The van der Waals surface area contributed by atoms with Crippen molar-refractivity contribution < 1.29 is 8.42 Å². The van der Waals surface area contributed by atoms with Gasteiger partial charge in [-0.1, -0.05) is 13.3 Å². The number of hydrogen-bond donors (Lipinski definition) is 3. The van der Waals surface area contributed by atoms with Crippen LogP contribution in [0.3, 0.4) is 0 Å². The third-order valence-electron chi connectivity index (χ3n) is 3.51. The zero-order valence-corrected chi connectivity index (χ0v) is 12.6. The van der Waals surface area contributed by atoms with Crippen LogP contribution >= 0.6 is 0 Å². The van der Waals surface area contributed by atoms with Crippen molar-refractivity contribution >= 4 is 21.5 Å². The molecule has 1 atom stereocenters. The topological polar surface area (TPSA) is 110 Å². The third kappa shape index (κ3) is 3.18. The van der Waals surface area contributed by atoms with Gasteiger partial charge < -0.3 is 10.7 Å². The summed E-state index contributed by atoms with van der Waals surface area (Å²) in [5.41, 5.74) is 2.97. The fourth-order valence-electron chi connectivity index (χ4n) is 2.53. The summed E-state index contributed by atoms with van der Waals surface area (Å²) in [6.45, 7) is 3.96. The summed E-state index contributed by atoms with van der Waals surface area (Å²) in [6, 6.07) is 0. The molecule has 1 fully saturated rings. The highest BCUT2D eigenvalue weighted by molar-refractivity contribution is 7.91. The zero-order chi connectivity index (χ0) is 14.8. The first-order valence-corrected chi connectivity index (χ1v) is 8.50. The van der Waals surface area contributed by atoms with Crippen LogP contribution in [-0.2, 0) is 16.3 Å². The van der Waals surface area contributed by atoms with E-state index in [1.165, 1.54) is 6.33 Å². The van der Waals surface area contributed by atoms with E-state index < -0.39 is 15.4 Å². The smallest absolute Gasteiger partial charge is 0.152 e. The van der Waals surface area contributed by atoms with Crippen LogP contribution in [0, 0.1) is 0 Å². The molecule has 8 heteroatoms. The molecule has 1 aromatic heterocycles. The Morgan fingerprint density at radius 3 is 2.65 bits per heavy atom. The van der Waals surface area contributed by atoms with Gasteiger partial charge >= 0.3 is 0 Å². The Hall–Kier alpha value is -1.41. The van der Waals surface area contributed by atoms with Crippen LogP contribution in [0.4, 0.5) is 11.6 Å². The van der Waals surface area contributed by atoms with E-state index in [-0.39, 0.29) is 11.5 Å². The number of nitrogens with one attached hydrogen (secondary N) is 2. The first-order chi connectivity index (χ1) is 9.39. The molecular formula is C12H21N5O2S. The second-order valence-corrected chi connectivity index (χ2v) is 7.66. The molecule has 0 bridgehead atoms. The van der Waals surface area contributed by atoms with Crippen LogP contribution in [-0.4, -0.2) is 35.4 Å². The first kappa shape index (κ1) is 15.0. The number of nitrogen functional groups attached to an aromatic ring is 1. The van der Waals surface area contributed by atoms with Crippen molar-refractivity contribution in [3.8, 4) is 0 Å². The summed E-state index contributed by atoms with van der Waals surface area (Å²) in [7, 11) is -2.96. The molecule has 112 valence electrons. The Bertz CT molecular complexity index is 590. The van der Waals surface area contributed by atoms with E-state index in [9.17, 15) is 8.42 Å². The van der Waals surface area contributed by atoms with Gasteiger partial charge in [0.1, 0.15) is 18.0 Å². The second-order valence-electron chi connectivity index (χ2n) is 5.47. The van der Waals surface area contributed by atoms with Crippen LogP contribution in [0.5, 0.6) is 0 Å². The number of nitrogens with zero attached hydrogens (tertiary/aromatic N) is 2. The van der Waals surface area contributed by atoms with Crippen molar-refractivity contribution in [1.29, 1.82) is 0 Å². The molecule has 2 rings (SSSR count). The van der Waals surface area contributed by atoms with E-state index in [1.54, 1.807) is 0 Å². The van der Waals surface area contributed by atoms with Gasteiger partial charge in [0.2, 0.25) is 0 Å². The Morgan fingerprint density at radius 1 is 1.40 bits per heavy atom. The second kappa shape index (κ2) is 5.53. The fraction of sp³-hybridized carbons (Fsp3) is 0.667. The third-order valence-corrected chi connectivity index (χ3v) is 5.41. The Kier molecular flexibility index (Phi) is 4.14. The van der Waals surface area contributed by atoms with Gasteiger partial charge in [-0.3, -0.25) is 0 Å². The average molecular weight is 299 g/mol. The highest BCUT2D eigenvalue weighted by atomic mass is 32.2. The fourth-order valence-corrected chi connectivity index (χ4v) is 4.62. The minimum atomic E-state index is -2.96. The van der Waals surface area contributed by atoms with E-state index in [0.717, 1.165) is 18.4 Å². The largest absolute Gasteiger partial charge is 0.363 e. The predicted molar refractivity (Wildman–Crippen MR) is 79.1 cm³/mol. The van der Waals surface area contributed by atoms with Crippen molar-refractivity contribution in [3.63, 3.8) is 0 Å². The van der Waals surface area contributed by atoms with Crippen molar-refractivity contribution in [2.24, 2.45) is 5.84 Å². The molecule has 0 saturated carbocycles. The van der Waals surface area contributed by atoms with Gasteiger partial charge in [-0.25, -0.2) is 24.2 Å². The lowest BCUT2D eigenvalue weighted by Gasteiger charge is -2.26. The predicted octanol–water partition coefficient (Wildman–Crippen LogP) is 0.704. The van der Waals surface area contributed by atoms with Gasteiger partial charge in [-0.15, -0.1) is 0 Å². The maximum atomic E-state index is 11.7. The molecule has 0 radical (unpaired) electrons. The number of nitrogens with two attached hydrogens (primary N) is 1. The highest BCUT2D eigenvalue weighted by Crippen LogP contribution is 2.30. The van der Waals surface area contributed by atoms with Crippen LogP contribution < -0.4 is 16.6 Å². The van der Waals surface area contributed by atoms with Crippen LogP contribution in [0.2, 0.25) is 0 Å². The molecule has 0 amide bonds. The monoisotopic (exact) mass is 299 g/mol. The van der Waals surface area contributed by atoms with Crippen molar-refractivity contribution in [2.45, 2.75) is 38.6 Å². The molecule has 0 aromatic carbocycles. The minimum absolute atomic E-state index is 0.126. The molecular weight excluding hydrogens is 278 g/mol. The number of sulfone groups is 1. The summed E-state index contributed by atoms with van der Waals surface area (Å²) in [5.74, 6) is 7.05. The summed E-state index contributed by atoms with van der Waals surface area (Å²) in [6.07, 6.45) is 3.69. The van der Waals surface area contributed by atoms with Crippen LogP contribution in [0.15, 0.2) is 6.33 Å². The molecule has 1 aliphatic rings. The van der Waals surface area contributed by atoms with Crippen molar-refractivity contribution in [2.75, 3.05) is 22.2 Å².